The number of aromatic nitrogens is 1. The summed E-state index contributed by atoms with van der Waals surface area (Å²) in [6, 6.07) is 6.80. The zero-order chi connectivity index (χ0) is 15.5. The van der Waals surface area contributed by atoms with Crippen LogP contribution in [0.5, 0.6) is 0 Å². The first-order chi connectivity index (χ1) is 10.0. The van der Waals surface area contributed by atoms with Gasteiger partial charge in [0.1, 0.15) is 0 Å². The third-order valence-corrected chi connectivity index (χ3v) is 5.92. The Labute approximate surface area is 128 Å². The molecule has 2 rings (SSSR count). The van der Waals surface area contributed by atoms with Crippen molar-refractivity contribution in [3.8, 4) is 11.3 Å². The molecule has 0 amide bonds. The van der Waals surface area contributed by atoms with E-state index in [0.717, 1.165) is 5.56 Å². The maximum atomic E-state index is 12.5. The molecular formula is C13H18N4O2S2. The van der Waals surface area contributed by atoms with Crippen molar-refractivity contribution in [1.29, 1.82) is 0 Å². The largest absolute Gasteiger partial charge is 0.300 e. The predicted octanol–water partition coefficient (Wildman–Crippen LogP) is 2.13. The van der Waals surface area contributed by atoms with Crippen LogP contribution in [0, 0.1) is 0 Å². The molecule has 1 aromatic carbocycles. The van der Waals surface area contributed by atoms with Crippen molar-refractivity contribution in [2.75, 3.05) is 18.5 Å². The number of hydrogen-bond acceptors (Lipinski definition) is 6. The van der Waals surface area contributed by atoms with Crippen molar-refractivity contribution in [2.45, 2.75) is 18.7 Å². The van der Waals surface area contributed by atoms with E-state index in [1.807, 2.05) is 25.3 Å². The van der Waals surface area contributed by atoms with Gasteiger partial charge < -0.3 is 0 Å². The fourth-order valence-corrected chi connectivity index (χ4v) is 4.14. The molecule has 114 valence electrons. The highest BCUT2D eigenvalue weighted by molar-refractivity contribution is 7.89. The molecule has 0 atom stereocenters. The molecular weight excluding hydrogens is 308 g/mol. The number of sulfonamides is 1. The number of anilines is 1. The number of nitrogen functional groups attached to an aromatic ring is 1. The first-order valence-corrected chi connectivity index (χ1v) is 8.87. The van der Waals surface area contributed by atoms with Crippen LogP contribution in [0.25, 0.3) is 11.3 Å². The maximum Gasteiger partial charge on any atom is 0.243 e. The van der Waals surface area contributed by atoms with Crippen molar-refractivity contribution in [1.82, 2.24) is 9.29 Å². The van der Waals surface area contributed by atoms with E-state index in [9.17, 15) is 8.42 Å². The number of nitrogens with zero attached hydrogens (tertiary/aromatic N) is 2. The number of hydrazine groups is 1. The van der Waals surface area contributed by atoms with E-state index in [4.69, 9.17) is 5.84 Å². The summed E-state index contributed by atoms with van der Waals surface area (Å²) in [6.45, 7) is 4.54. The topological polar surface area (TPSA) is 88.3 Å². The van der Waals surface area contributed by atoms with Crippen molar-refractivity contribution < 1.29 is 8.42 Å². The van der Waals surface area contributed by atoms with E-state index in [1.54, 1.807) is 18.2 Å². The van der Waals surface area contributed by atoms with E-state index in [1.165, 1.54) is 15.6 Å². The average Bonchev–Trinajstić information content (AvgIpc) is 2.97. The summed E-state index contributed by atoms with van der Waals surface area (Å²) in [5.41, 5.74) is 3.93. The molecule has 8 heteroatoms. The summed E-state index contributed by atoms with van der Waals surface area (Å²) in [4.78, 5) is 4.56. The highest BCUT2D eigenvalue weighted by Crippen LogP contribution is 2.27. The molecule has 0 saturated heterocycles. The molecule has 0 spiro atoms. The number of benzene rings is 1. The summed E-state index contributed by atoms with van der Waals surface area (Å²) in [5, 5.41) is 2.42. The quantitative estimate of drug-likeness (QED) is 0.627. The molecule has 1 heterocycles. The summed E-state index contributed by atoms with van der Waals surface area (Å²) in [7, 11) is -3.46. The highest BCUT2D eigenvalue weighted by Gasteiger charge is 2.22. The standard InChI is InChI=1S/C13H18N4O2S2/c1-3-17(4-2)21(18,19)11-7-5-6-10(8-11)12-9-20-13(15-12)16-14/h5-9H,3-4,14H2,1-2H3,(H,15,16). The molecule has 6 nitrogen and oxygen atoms in total. The molecule has 3 N–H and O–H groups in total. The molecule has 0 radical (unpaired) electrons. The third kappa shape index (κ3) is 3.24. The molecule has 0 bridgehead atoms. The maximum absolute atomic E-state index is 12.5. The Bertz CT molecular complexity index is 708. The van der Waals surface area contributed by atoms with E-state index in [-0.39, 0.29) is 4.90 Å². The minimum atomic E-state index is -3.46. The van der Waals surface area contributed by atoms with Gasteiger partial charge in [-0.15, -0.1) is 11.3 Å². The molecule has 0 aliphatic carbocycles. The molecule has 0 aliphatic rings. The summed E-state index contributed by atoms with van der Waals surface area (Å²) < 4.78 is 26.5. The van der Waals surface area contributed by atoms with Gasteiger partial charge in [0.15, 0.2) is 5.13 Å². The Morgan fingerprint density at radius 1 is 1.33 bits per heavy atom. The Morgan fingerprint density at radius 2 is 2.05 bits per heavy atom. The van der Waals surface area contributed by atoms with Crippen LogP contribution in [-0.2, 0) is 10.0 Å². The highest BCUT2D eigenvalue weighted by atomic mass is 32.2. The van der Waals surface area contributed by atoms with Gasteiger partial charge in [0.25, 0.3) is 0 Å². The molecule has 0 fully saturated rings. The van der Waals surface area contributed by atoms with Crippen LogP contribution >= 0.6 is 11.3 Å². The number of thiazole rings is 1. The first kappa shape index (κ1) is 15.9. The lowest BCUT2D eigenvalue weighted by atomic mass is 10.2. The van der Waals surface area contributed by atoms with E-state index in [2.05, 4.69) is 10.4 Å². The van der Waals surface area contributed by atoms with E-state index >= 15 is 0 Å². The Balaban J connectivity index is 2.42. The first-order valence-electron chi connectivity index (χ1n) is 6.55. The monoisotopic (exact) mass is 326 g/mol. The zero-order valence-corrected chi connectivity index (χ0v) is 13.5. The summed E-state index contributed by atoms with van der Waals surface area (Å²) in [6.07, 6.45) is 0. The zero-order valence-electron chi connectivity index (χ0n) is 11.9. The lowest BCUT2D eigenvalue weighted by Gasteiger charge is -2.18. The number of nitrogens with two attached hydrogens (primary N) is 1. The second-order valence-corrected chi connectivity index (χ2v) is 7.10. The second-order valence-electron chi connectivity index (χ2n) is 4.30. The molecule has 0 aliphatic heterocycles. The van der Waals surface area contributed by atoms with Gasteiger partial charge in [0.05, 0.1) is 10.6 Å². The molecule has 0 unspecified atom stereocenters. The van der Waals surface area contributed by atoms with Gasteiger partial charge >= 0.3 is 0 Å². The van der Waals surface area contributed by atoms with Crippen molar-refractivity contribution >= 4 is 26.5 Å². The number of nitrogens with one attached hydrogen (secondary N) is 1. The molecule has 2 aromatic rings. The Morgan fingerprint density at radius 3 is 2.62 bits per heavy atom. The van der Waals surface area contributed by atoms with Crippen molar-refractivity contribution in [3.63, 3.8) is 0 Å². The fraction of sp³-hybridized carbons (Fsp3) is 0.308. The Kier molecular flexibility index (Phi) is 4.94. The number of rotatable bonds is 6. The molecule has 21 heavy (non-hydrogen) atoms. The normalized spacial score (nSPS) is 11.8. The minimum absolute atomic E-state index is 0.277. The van der Waals surface area contributed by atoms with Crippen LogP contribution in [0.1, 0.15) is 13.8 Å². The van der Waals surface area contributed by atoms with Gasteiger partial charge in [-0.2, -0.15) is 4.31 Å². The van der Waals surface area contributed by atoms with Gasteiger partial charge in [0.2, 0.25) is 10.0 Å². The van der Waals surface area contributed by atoms with Gasteiger partial charge in [0, 0.05) is 24.0 Å². The lowest BCUT2D eigenvalue weighted by Crippen LogP contribution is -2.30. The minimum Gasteiger partial charge on any atom is -0.300 e. The lowest BCUT2D eigenvalue weighted by molar-refractivity contribution is 0.445. The van der Waals surface area contributed by atoms with Gasteiger partial charge in [-0.05, 0) is 12.1 Å². The number of hydrogen-bond donors (Lipinski definition) is 2. The van der Waals surface area contributed by atoms with Crippen LogP contribution in [0.4, 0.5) is 5.13 Å². The second kappa shape index (κ2) is 6.52. The Hall–Kier alpha value is -1.48. The molecule has 1 aromatic heterocycles. The van der Waals surface area contributed by atoms with Crippen LogP contribution in [0.3, 0.4) is 0 Å². The van der Waals surface area contributed by atoms with Crippen LogP contribution in [0.15, 0.2) is 34.5 Å². The van der Waals surface area contributed by atoms with Crippen LogP contribution in [-0.4, -0.2) is 30.8 Å². The smallest absolute Gasteiger partial charge is 0.243 e. The van der Waals surface area contributed by atoms with Gasteiger partial charge in [-0.1, -0.05) is 26.0 Å². The summed E-state index contributed by atoms with van der Waals surface area (Å²) >= 11 is 1.37. The average molecular weight is 326 g/mol. The fourth-order valence-electron chi connectivity index (χ4n) is 2.00. The van der Waals surface area contributed by atoms with Crippen molar-refractivity contribution in [3.05, 3.63) is 29.6 Å². The molecule has 0 saturated carbocycles. The van der Waals surface area contributed by atoms with E-state index < -0.39 is 10.0 Å². The predicted molar refractivity (Wildman–Crippen MR) is 85.5 cm³/mol. The van der Waals surface area contributed by atoms with Crippen LogP contribution < -0.4 is 11.3 Å². The van der Waals surface area contributed by atoms with Crippen LogP contribution in [0.2, 0.25) is 0 Å². The third-order valence-electron chi connectivity index (χ3n) is 3.10. The van der Waals surface area contributed by atoms with Crippen molar-refractivity contribution in [2.24, 2.45) is 5.84 Å². The van der Waals surface area contributed by atoms with Gasteiger partial charge in [-0.25, -0.2) is 19.2 Å². The summed E-state index contributed by atoms with van der Waals surface area (Å²) in [5.74, 6) is 5.31. The van der Waals surface area contributed by atoms with Gasteiger partial charge in [-0.3, -0.25) is 5.43 Å². The van der Waals surface area contributed by atoms with E-state index in [0.29, 0.717) is 23.9 Å². The SMILES string of the molecule is CCN(CC)S(=O)(=O)c1cccc(-c2csc(NN)n2)c1.